The van der Waals surface area contributed by atoms with Crippen LogP contribution in [0.4, 0.5) is 4.79 Å². The maximum Gasteiger partial charge on any atom is 0.317 e. The van der Waals surface area contributed by atoms with Crippen molar-refractivity contribution in [3.8, 4) is 0 Å². The van der Waals surface area contributed by atoms with E-state index in [9.17, 15) is 9.90 Å². The fourth-order valence-electron chi connectivity index (χ4n) is 4.13. The minimum absolute atomic E-state index is 0.0353. The number of aliphatic hydroxyl groups is 1. The molecule has 0 aromatic carbocycles. The first-order chi connectivity index (χ1) is 10.7. The van der Waals surface area contributed by atoms with E-state index in [1.165, 1.54) is 0 Å². The van der Waals surface area contributed by atoms with Crippen LogP contribution in [-0.4, -0.2) is 54.0 Å². The van der Waals surface area contributed by atoms with Gasteiger partial charge in [-0.1, -0.05) is 12.2 Å². The molecule has 1 saturated carbocycles. The lowest BCUT2D eigenvalue weighted by Gasteiger charge is -2.56. The molecule has 0 radical (unpaired) electrons. The SMILES string of the molecule is CCOC1CC(O)C12CCN(C(=O)NC1C=CCCC1)CC2. The Morgan fingerprint density at radius 3 is 2.82 bits per heavy atom. The van der Waals surface area contributed by atoms with E-state index < -0.39 is 0 Å². The Kier molecular flexibility index (Phi) is 4.73. The summed E-state index contributed by atoms with van der Waals surface area (Å²) in [5, 5.41) is 13.3. The van der Waals surface area contributed by atoms with Crippen LogP contribution in [0.3, 0.4) is 0 Å². The number of urea groups is 1. The van der Waals surface area contributed by atoms with E-state index in [-0.39, 0.29) is 29.7 Å². The summed E-state index contributed by atoms with van der Waals surface area (Å²) in [6.45, 7) is 4.11. The van der Waals surface area contributed by atoms with Gasteiger partial charge in [-0.2, -0.15) is 0 Å². The molecular weight excluding hydrogens is 280 g/mol. The van der Waals surface area contributed by atoms with Crippen molar-refractivity contribution in [1.29, 1.82) is 0 Å². The molecule has 2 N–H and O–H groups in total. The number of aliphatic hydroxyl groups excluding tert-OH is 1. The number of nitrogens with one attached hydrogen (secondary N) is 1. The zero-order valence-electron chi connectivity index (χ0n) is 13.5. The van der Waals surface area contributed by atoms with Crippen LogP contribution >= 0.6 is 0 Å². The van der Waals surface area contributed by atoms with Gasteiger partial charge in [0.25, 0.3) is 0 Å². The first kappa shape index (κ1) is 15.8. The van der Waals surface area contributed by atoms with Crippen LogP contribution in [0.1, 0.15) is 45.4 Å². The summed E-state index contributed by atoms with van der Waals surface area (Å²) in [4.78, 5) is 14.3. The van der Waals surface area contributed by atoms with Gasteiger partial charge in [-0.3, -0.25) is 0 Å². The third kappa shape index (κ3) is 2.88. The van der Waals surface area contributed by atoms with Crippen molar-refractivity contribution >= 4 is 6.03 Å². The van der Waals surface area contributed by atoms with E-state index in [1.54, 1.807) is 0 Å². The molecule has 2 aliphatic carbocycles. The number of carbonyl (C=O) groups excluding carboxylic acids is 1. The molecule has 5 nitrogen and oxygen atoms in total. The van der Waals surface area contributed by atoms with Crippen molar-refractivity contribution in [2.75, 3.05) is 19.7 Å². The molecule has 3 unspecified atom stereocenters. The summed E-state index contributed by atoms with van der Waals surface area (Å²) in [7, 11) is 0. The Morgan fingerprint density at radius 2 is 2.23 bits per heavy atom. The number of carbonyl (C=O) groups is 1. The maximum absolute atomic E-state index is 12.4. The number of amides is 2. The number of hydrogen-bond donors (Lipinski definition) is 2. The second kappa shape index (κ2) is 6.59. The van der Waals surface area contributed by atoms with Crippen LogP contribution in [-0.2, 0) is 4.74 Å². The van der Waals surface area contributed by atoms with Crippen LogP contribution in [0, 0.1) is 5.41 Å². The third-order valence-corrected chi connectivity index (χ3v) is 5.65. The molecule has 124 valence electrons. The van der Waals surface area contributed by atoms with Crippen molar-refractivity contribution in [3.63, 3.8) is 0 Å². The Morgan fingerprint density at radius 1 is 1.45 bits per heavy atom. The Bertz CT molecular complexity index is 428. The molecule has 0 aromatic rings. The molecule has 3 rings (SSSR count). The lowest BCUT2D eigenvalue weighted by molar-refractivity contribution is -0.207. The number of allylic oxidation sites excluding steroid dienone is 1. The molecule has 3 aliphatic rings. The van der Waals surface area contributed by atoms with Crippen LogP contribution in [0.2, 0.25) is 0 Å². The molecule has 0 bridgehead atoms. The van der Waals surface area contributed by atoms with Crippen molar-refractivity contribution in [2.45, 2.75) is 63.7 Å². The summed E-state index contributed by atoms with van der Waals surface area (Å²) in [6.07, 6.45) is 9.87. The van der Waals surface area contributed by atoms with Gasteiger partial charge in [0.2, 0.25) is 0 Å². The van der Waals surface area contributed by atoms with E-state index >= 15 is 0 Å². The van der Waals surface area contributed by atoms with Gasteiger partial charge >= 0.3 is 6.03 Å². The Labute approximate surface area is 132 Å². The van der Waals surface area contributed by atoms with Crippen molar-refractivity contribution in [2.24, 2.45) is 5.41 Å². The quantitative estimate of drug-likeness (QED) is 0.785. The minimum Gasteiger partial charge on any atom is -0.392 e. The van der Waals surface area contributed by atoms with E-state index in [1.807, 2.05) is 11.8 Å². The van der Waals surface area contributed by atoms with Gasteiger partial charge in [0.05, 0.1) is 12.2 Å². The largest absolute Gasteiger partial charge is 0.392 e. The lowest BCUT2D eigenvalue weighted by atomic mass is 9.58. The van der Waals surface area contributed by atoms with Gasteiger partial charge in [-0.05, 0) is 39.0 Å². The molecule has 1 saturated heterocycles. The topological polar surface area (TPSA) is 61.8 Å². The Balaban J connectivity index is 1.51. The first-order valence-corrected chi connectivity index (χ1v) is 8.67. The highest BCUT2D eigenvalue weighted by molar-refractivity contribution is 5.75. The Hall–Kier alpha value is -1.07. The number of nitrogens with zero attached hydrogens (tertiary/aromatic N) is 1. The highest BCUT2D eigenvalue weighted by atomic mass is 16.5. The number of piperidine rings is 1. The molecule has 1 aliphatic heterocycles. The van der Waals surface area contributed by atoms with Gasteiger partial charge in [0.1, 0.15) is 0 Å². The lowest BCUT2D eigenvalue weighted by Crippen LogP contribution is -2.63. The molecular formula is C17H28N2O3. The van der Waals surface area contributed by atoms with Gasteiger partial charge in [-0.25, -0.2) is 4.79 Å². The zero-order chi connectivity index (χ0) is 15.6. The molecule has 1 spiro atoms. The number of hydrogen-bond acceptors (Lipinski definition) is 3. The average molecular weight is 308 g/mol. The second-order valence-corrected chi connectivity index (χ2v) is 6.83. The number of likely N-dealkylation sites (tertiary alicyclic amines) is 1. The fraction of sp³-hybridized carbons (Fsp3) is 0.824. The van der Waals surface area contributed by atoms with Gasteiger partial charge < -0.3 is 20.1 Å². The number of ether oxygens (including phenoxy) is 1. The molecule has 2 fully saturated rings. The van der Waals surface area contributed by atoms with E-state index in [0.29, 0.717) is 19.7 Å². The molecule has 0 aromatic heterocycles. The average Bonchev–Trinajstić information content (AvgIpc) is 2.56. The summed E-state index contributed by atoms with van der Waals surface area (Å²) in [6, 6.07) is 0.218. The summed E-state index contributed by atoms with van der Waals surface area (Å²) in [5.41, 5.74) is -0.114. The molecule has 3 atom stereocenters. The number of rotatable bonds is 3. The maximum atomic E-state index is 12.4. The highest BCUT2D eigenvalue weighted by Crippen LogP contribution is 2.50. The van der Waals surface area contributed by atoms with Crippen molar-refractivity contribution in [3.05, 3.63) is 12.2 Å². The van der Waals surface area contributed by atoms with E-state index in [2.05, 4.69) is 17.5 Å². The predicted octanol–water partition coefficient (Wildman–Crippen LogP) is 2.06. The minimum atomic E-state index is -0.268. The van der Waals surface area contributed by atoms with E-state index in [0.717, 1.165) is 38.5 Å². The highest BCUT2D eigenvalue weighted by Gasteiger charge is 2.56. The second-order valence-electron chi connectivity index (χ2n) is 6.83. The fourth-order valence-corrected chi connectivity index (χ4v) is 4.13. The van der Waals surface area contributed by atoms with Gasteiger partial charge in [0.15, 0.2) is 0 Å². The van der Waals surface area contributed by atoms with Gasteiger partial charge in [0, 0.05) is 37.6 Å². The molecule has 1 heterocycles. The smallest absolute Gasteiger partial charge is 0.317 e. The molecule has 22 heavy (non-hydrogen) atoms. The standard InChI is InChI=1S/C17H28N2O3/c1-2-22-15-12-14(20)17(15)8-10-19(11-9-17)16(21)18-13-6-4-3-5-7-13/h4,6,13-15,20H,2-3,5,7-12H2,1H3,(H,18,21). The zero-order valence-corrected chi connectivity index (χ0v) is 13.5. The first-order valence-electron chi connectivity index (χ1n) is 8.67. The molecule has 5 heteroatoms. The molecule has 2 amide bonds. The van der Waals surface area contributed by atoms with Crippen molar-refractivity contribution in [1.82, 2.24) is 10.2 Å². The van der Waals surface area contributed by atoms with E-state index in [4.69, 9.17) is 4.74 Å². The van der Waals surface area contributed by atoms with Crippen LogP contribution in [0.5, 0.6) is 0 Å². The predicted molar refractivity (Wildman–Crippen MR) is 84.6 cm³/mol. The summed E-state index contributed by atoms with van der Waals surface area (Å²) < 4.78 is 5.77. The monoisotopic (exact) mass is 308 g/mol. The summed E-state index contributed by atoms with van der Waals surface area (Å²) in [5.74, 6) is 0. The van der Waals surface area contributed by atoms with Crippen LogP contribution in [0.25, 0.3) is 0 Å². The van der Waals surface area contributed by atoms with Crippen LogP contribution < -0.4 is 5.32 Å². The normalized spacial score (nSPS) is 33.5. The van der Waals surface area contributed by atoms with Crippen LogP contribution in [0.15, 0.2) is 12.2 Å². The van der Waals surface area contributed by atoms with Gasteiger partial charge in [-0.15, -0.1) is 0 Å². The summed E-state index contributed by atoms with van der Waals surface area (Å²) >= 11 is 0. The van der Waals surface area contributed by atoms with Crippen molar-refractivity contribution < 1.29 is 14.6 Å². The third-order valence-electron chi connectivity index (χ3n) is 5.65.